The van der Waals surface area contributed by atoms with E-state index in [9.17, 15) is 9.59 Å². The first-order valence-corrected chi connectivity index (χ1v) is 8.19. The molecule has 0 spiro atoms. The van der Waals surface area contributed by atoms with E-state index in [1.54, 1.807) is 19.2 Å². The number of nitrogens with zero attached hydrogens (tertiary/aromatic N) is 1. The second kappa shape index (κ2) is 6.32. The summed E-state index contributed by atoms with van der Waals surface area (Å²) in [6, 6.07) is 5.23. The number of hydrogen-bond donors (Lipinski definition) is 1. The molecule has 5 heteroatoms. The van der Waals surface area contributed by atoms with Crippen molar-refractivity contribution >= 4 is 11.9 Å². The van der Waals surface area contributed by atoms with E-state index in [0.717, 1.165) is 43.2 Å². The summed E-state index contributed by atoms with van der Waals surface area (Å²) < 4.78 is 5.17. The van der Waals surface area contributed by atoms with E-state index in [1.807, 2.05) is 11.0 Å². The van der Waals surface area contributed by atoms with E-state index in [2.05, 4.69) is 0 Å². The van der Waals surface area contributed by atoms with Crippen molar-refractivity contribution < 1.29 is 19.4 Å². The van der Waals surface area contributed by atoms with Gasteiger partial charge in [-0.2, -0.15) is 0 Å². The molecule has 0 saturated heterocycles. The van der Waals surface area contributed by atoms with Crippen LogP contribution in [0.3, 0.4) is 0 Å². The van der Waals surface area contributed by atoms with Gasteiger partial charge in [-0.25, -0.2) is 4.79 Å². The molecule has 1 aromatic rings. The highest BCUT2D eigenvalue weighted by atomic mass is 16.5. The predicted octanol–water partition coefficient (Wildman–Crippen LogP) is 2.48. The third-order valence-corrected chi connectivity index (χ3v) is 5.30. The SMILES string of the molecule is COCCC1(C(=O)N2CCc3ccc(C(=O)O)cc3C2)CCC1. The van der Waals surface area contributed by atoms with E-state index in [-0.39, 0.29) is 16.9 Å². The quantitative estimate of drug-likeness (QED) is 0.906. The van der Waals surface area contributed by atoms with Gasteiger partial charge >= 0.3 is 5.97 Å². The number of carboxylic acids is 1. The van der Waals surface area contributed by atoms with Crippen LogP contribution in [0.15, 0.2) is 18.2 Å². The minimum atomic E-state index is -0.924. The number of carbonyl (C=O) groups excluding carboxylic acids is 1. The molecule has 3 rings (SSSR count). The molecule has 23 heavy (non-hydrogen) atoms. The Kier molecular flexibility index (Phi) is 4.39. The second-order valence-corrected chi connectivity index (χ2v) is 6.64. The van der Waals surface area contributed by atoms with Crippen LogP contribution in [0.5, 0.6) is 0 Å². The molecular weight excluding hydrogens is 294 g/mol. The van der Waals surface area contributed by atoms with E-state index in [4.69, 9.17) is 9.84 Å². The molecule has 1 heterocycles. The first-order valence-electron chi connectivity index (χ1n) is 8.19. The molecule has 1 fully saturated rings. The molecule has 1 saturated carbocycles. The van der Waals surface area contributed by atoms with E-state index in [1.165, 1.54) is 0 Å². The van der Waals surface area contributed by atoms with E-state index >= 15 is 0 Å². The van der Waals surface area contributed by atoms with Crippen LogP contribution < -0.4 is 0 Å². The summed E-state index contributed by atoms with van der Waals surface area (Å²) in [6.45, 7) is 1.84. The third-order valence-electron chi connectivity index (χ3n) is 5.30. The highest BCUT2D eigenvalue weighted by molar-refractivity contribution is 5.88. The van der Waals surface area contributed by atoms with E-state index < -0.39 is 5.97 Å². The molecule has 0 bridgehead atoms. The Hall–Kier alpha value is -1.88. The summed E-state index contributed by atoms with van der Waals surface area (Å²) in [7, 11) is 1.67. The number of methoxy groups -OCH3 is 1. The van der Waals surface area contributed by atoms with Crippen molar-refractivity contribution in [2.45, 2.75) is 38.6 Å². The zero-order valence-corrected chi connectivity index (χ0v) is 13.5. The molecule has 5 nitrogen and oxygen atoms in total. The van der Waals surface area contributed by atoms with E-state index in [0.29, 0.717) is 19.7 Å². The van der Waals surface area contributed by atoms with Crippen LogP contribution >= 0.6 is 0 Å². The van der Waals surface area contributed by atoms with Crippen LogP contribution in [0.2, 0.25) is 0 Å². The Morgan fingerprint density at radius 3 is 2.70 bits per heavy atom. The van der Waals surface area contributed by atoms with Crippen LogP contribution in [0.4, 0.5) is 0 Å². The van der Waals surface area contributed by atoms with Crippen molar-refractivity contribution in [1.82, 2.24) is 4.90 Å². The molecule has 2 aliphatic rings. The van der Waals surface area contributed by atoms with Gasteiger partial charge < -0.3 is 14.7 Å². The zero-order valence-electron chi connectivity index (χ0n) is 13.5. The lowest BCUT2D eigenvalue weighted by Gasteiger charge is -2.44. The van der Waals surface area contributed by atoms with Gasteiger partial charge in [-0.3, -0.25) is 4.79 Å². The molecule has 1 N–H and O–H groups in total. The summed E-state index contributed by atoms with van der Waals surface area (Å²) in [6.07, 6.45) is 4.55. The number of fused-ring (bicyclic) bond motifs is 1. The van der Waals surface area contributed by atoms with Crippen LogP contribution in [-0.2, 0) is 22.5 Å². The highest BCUT2D eigenvalue weighted by Crippen LogP contribution is 2.46. The second-order valence-electron chi connectivity index (χ2n) is 6.64. The summed E-state index contributed by atoms with van der Waals surface area (Å²) in [5.74, 6) is -0.709. The Morgan fingerprint density at radius 2 is 2.09 bits per heavy atom. The first kappa shape index (κ1) is 16.0. The number of aromatic carboxylic acids is 1. The zero-order chi connectivity index (χ0) is 16.4. The molecule has 0 atom stereocenters. The fourth-order valence-electron chi connectivity index (χ4n) is 3.67. The fraction of sp³-hybridized carbons (Fsp3) is 0.556. The lowest BCUT2D eigenvalue weighted by atomic mass is 9.65. The monoisotopic (exact) mass is 317 g/mol. The van der Waals surface area contributed by atoms with Crippen molar-refractivity contribution in [1.29, 1.82) is 0 Å². The normalized spacial score (nSPS) is 18.9. The Labute approximate surface area is 136 Å². The van der Waals surface area contributed by atoms with Gasteiger partial charge in [0.2, 0.25) is 5.91 Å². The number of amides is 1. The molecule has 1 amide bonds. The Balaban J connectivity index is 1.76. The number of carbonyl (C=O) groups is 2. The molecule has 124 valence electrons. The molecule has 0 aromatic heterocycles. The maximum absolute atomic E-state index is 13.0. The van der Waals surface area contributed by atoms with Gasteiger partial charge in [-0.05, 0) is 48.9 Å². The molecule has 0 unspecified atom stereocenters. The number of hydrogen-bond acceptors (Lipinski definition) is 3. The Morgan fingerprint density at radius 1 is 1.30 bits per heavy atom. The van der Waals surface area contributed by atoms with Crippen LogP contribution in [0.1, 0.15) is 47.2 Å². The van der Waals surface area contributed by atoms with Crippen molar-refractivity contribution in [2.24, 2.45) is 5.41 Å². The average Bonchev–Trinajstić information content (AvgIpc) is 2.52. The third kappa shape index (κ3) is 2.98. The maximum atomic E-state index is 13.0. The van der Waals surface area contributed by atoms with Gasteiger partial charge in [0.05, 0.1) is 11.0 Å². The van der Waals surface area contributed by atoms with Crippen molar-refractivity contribution in [3.63, 3.8) is 0 Å². The first-order chi connectivity index (χ1) is 11.1. The van der Waals surface area contributed by atoms with Crippen molar-refractivity contribution in [3.05, 3.63) is 34.9 Å². The highest BCUT2D eigenvalue weighted by Gasteiger charge is 2.46. The van der Waals surface area contributed by atoms with Crippen molar-refractivity contribution in [2.75, 3.05) is 20.3 Å². The summed E-state index contributed by atoms with van der Waals surface area (Å²) >= 11 is 0. The minimum Gasteiger partial charge on any atom is -0.478 e. The molecule has 0 radical (unpaired) electrons. The number of rotatable bonds is 5. The van der Waals surface area contributed by atoms with Gasteiger partial charge in [0.1, 0.15) is 0 Å². The van der Waals surface area contributed by atoms with Gasteiger partial charge in [-0.1, -0.05) is 12.5 Å². The predicted molar refractivity (Wildman–Crippen MR) is 85.3 cm³/mol. The van der Waals surface area contributed by atoms with Gasteiger partial charge in [-0.15, -0.1) is 0 Å². The molecule has 1 aliphatic heterocycles. The minimum absolute atomic E-state index is 0.215. The van der Waals surface area contributed by atoms with Gasteiger partial charge in [0, 0.05) is 26.8 Å². The average molecular weight is 317 g/mol. The maximum Gasteiger partial charge on any atom is 0.335 e. The molecular formula is C18H23NO4. The lowest BCUT2D eigenvalue weighted by molar-refractivity contribution is -0.150. The van der Waals surface area contributed by atoms with Gasteiger partial charge in [0.15, 0.2) is 0 Å². The topological polar surface area (TPSA) is 66.8 Å². The lowest BCUT2D eigenvalue weighted by Crippen LogP contribution is -2.49. The number of ether oxygens (including phenoxy) is 1. The summed E-state index contributed by atoms with van der Waals surface area (Å²) in [5.41, 5.74) is 2.15. The summed E-state index contributed by atoms with van der Waals surface area (Å²) in [4.78, 5) is 26.0. The van der Waals surface area contributed by atoms with Crippen LogP contribution in [-0.4, -0.2) is 42.1 Å². The Bertz CT molecular complexity index is 621. The summed E-state index contributed by atoms with van der Waals surface area (Å²) in [5, 5.41) is 9.14. The molecule has 1 aromatic carbocycles. The van der Waals surface area contributed by atoms with Crippen molar-refractivity contribution in [3.8, 4) is 0 Å². The smallest absolute Gasteiger partial charge is 0.335 e. The molecule has 1 aliphatic carbocycles. The van der Waals surface area contributed by atoms with Gasteiger partial charge in [0.25, 0.3) is 0 Å². The van der Waals surface area contributed by atoms with Crippen LogP contribution in [0, 0.1) is 5.41 Å². The number of carboxylic acid groups (broad SMARTS) is 1. The standard InChI is InChI=1S/C18H23NO4/c1-23-10-8-18(6-2-7-18)17(22)19-9-5-13-3-4-14(16(20)21)11-15(13)12-19/h3-4,11H,2,5-10,12H2,1H3,(H,20,21). The number of benzene rings is 1. The largest absolute Gasteiger partial charge is 0.478 e. The van der Waals surface area contributed by atoms with Crippen LogP contribution in [0.25, 0.3) is 0 Å². The fourth-order valence-corrected chi connectivity index (χ4v) is 3.67.